The molecule has 0 aromatic heterocycles. The lowest BCUT2D eigenvalue weighted by molar-refractivity contribution is 0.0514. The normalized spacial score (nSPS) is 16.3. The fourth-order valence-corrected chi connectivity index (χ4v) is 3.94. The number of nitrogens with zero attached hydrogens (tertiary/aromatic N) is 1. The van der Waals surface area contributed by atoms with Gasteiger partial charge in [-0.15, -0.1) is 0 Å². The zero-order chi connectivity index (χ0) is 20.5. The van der Waals surface area contributed by atoms with Gasteiger partial charge in [0.15, 0.2) is 5.96 Å². The number of rotatable bonds is 7. The Labute approximate surface area is 178 Å². The molecular weight excluding hydrogens is 386 g/mol. The van der Waals surface area contributed by atoms with E-state index < -0.39 is 0 Å². The number of hydrogen-bond donors (Lipinski definition) is 2. The molecule has 0 saturated carbocycles. The number of halogens is 1. The molecule has 6 heteroatoms. The first-order valence-electron chi connectivity index (χ1n) is 10.2. The minimum Gasteiger partial charge on any atom is -0.494 e. The third-order valence-corrected chi connectivity index (χ3v) is 5.66. The van der Waals surface area contributed by atoms with Gasteiger partial charge in [-0.3, -0.25) is 4.99 Å². The first kappa shape index (κ1) is 21.5. The van der Waals surface area contributed by atoms with Crippen LogP contribution in [0.15, 0.2) is 53.5 Å². The molecular formula is C23H30ClN3O2. The third-order valence-electron chi connectivity index (χ3n) is 5.42. The molecule has 1 aliphatic heterocycles. The Hall–Kier alpha value is -2.24. The van der Waals surface area contributed by atoms with Gasteiger partial charge in [-0.05, 0) is 43.5 Å². The molecule has 5 nitrogen and oxygen atoms in total. The van der Waals surface area contributed by atoms with E-state index >= 15 is 0 Å². The highest BCUT2D eigenvalue weighted by molar-refractivity contribution is 6.30. The lowest BCUT2D eigenvalue weighted by Crippen LogP contribution is -2.47. The number of guanidine groups is 1. The monoisotopic (exact) mass is 415 g/mol. The van der Waals surface area contributed by atoms with Crippen molar-refractivity contribution in [3.8, 4) is 5.75 Å². The molecule has 0 bridgehead atoms. The molecule has 2 aromatic rings. The smallest absolute Gasteiger partial charge is 0.191 e. The van der Waals surface area contributed by atoms with Crippen molar-refractivity contribution >= 4 is 17.6 Å². The van der Waals surface area contributed by atoms with Crippen molar-refractivity contribution in [3.05, 3.63) is 64.7 Å². The molecule has 1 aliphatic rings. The highest BCUT2D eigenvalue weighted by Crippen LogP contribution is 2.35. The summed E-state index contributed by atoms with van der Waals surface area (Å²) in [6, 6.07) is 16.2. The highest BCUT2D eigenvalue weighted by Gasteiger charge is 2.34. The number of nitrogens with one attached hydrogen (secondary N) is 2. The van der Waals surface area contributed by atoms with E-state index in [1.807, 2.05) is 37.3 Å². The van der Waals surface area contributed by atoms with Crippen LogP contribution in [-0.2, 0) is 16.7 Å². The maximum absolute atomic E-state index is 6.27. The largest absolute Gasteiger partial charge is 0.494 e. The standard InChI is InChI=1S/C23H30ClN3O2/c1-3-29-21-10-5-4-7-18(21)16-26-22(25-2)27-17-23(11-13-28-14-12-23)19-8-6-9-20(24)15-19/h4-10,15H,3,11-14,16-17H2,1-2H3,(H2,25,26,27). The van der Waals surface area contributed by atoms with E-state index in [0.717, 1.165) is 54.9 Å². The summed E-state index contributed by atoms with van der Waals surface area (Å²) in [6.07, 6.45) is 1.90. The Balaban J connectivity index is 1.67. The minimum atomic E-state index is -0.0238. The van der Waals surface area contributed by atoms with Crippen molar-refractivity contribution < 1.29 is 9.47 Å². The number of hydrogen-bond acceptors (Lipinski definition) is 3. The van der Waals surface area contributed by atoms with Crippen molar-refractivity contribution in [2.75, 3.05) is 33.4 Å². The van der Waals surface area contributed by atoms with Gasteiger partial charge in [-0.25, -0.2) is 0 Å². The van der Waals surface area contributed by atoms with E-state index in [1.54, 1.807) is 7.05 Å². The molecule has 0 spiro atoms. The van der Waals surface area contributed by atoms with Gasteiger partial charge in [0.1, 0.15) is 5.75 Å². The van der Waals surface area contributed by atoms with Crippen LogP contribution in [0, 0.1) is 0 Å². The Morgan fingerprint density at radius 1 is 1.14 bits per heavy atom. The van der Waals surface area contributed by atoms with E-state index in [1.165, 1.54) is 5.56 Å². The molecule has 0 amide bonds. The molecule has 3 rings (SSSR count). The molecule has 1 saturated heterocycles. The van der Waals surface area contributed by atoms with E-state index in [9.17, 15) is 0 Å². The molecule has 29 heavy (non-hydrogen) atoms. The van der Waals surface area contributed by atoms with E-state index in [2.05, 4.69) is 33.8 Å². The van der Waals surface area contributed by atoms with Gasteiger partial charge in [0.25, 0.3) is 0 Å². The second-order valence-electron chi connectivity index (χ2n) is 7.22. The van der Waals surface area contributed by atoms with Crippen LogP contribution in [0.3, 0.4) is 0 Å². The molecule has 0 radical (unpaired) electrons. The van der Waals surface area contributed by atoms with E-state index in [-0.39, 0.29) is 5.41 Å². The molecule has 0 unspecified atom stereocenters. The van der Waals surface area contributed by atoms with Crippen molar-refractivity contribution in [2.24, 2.45) is 4.99 Å². The van der Waals surface area contributed by atoms with Crippen LogP contribution in [0.25, 0.3) is 0 Å². The van der Waals surface area contributed by atoms with Crippen LogP contribution in [0.1, 0.15) is 30.9 Å². The summed E-state index contributed by atoms with van der Waals surface area (Å²) in [5.41, 5.74) is 2.33. The van der Waals surface area contributed by atoms with Gasteiger partial charge < -0.3 is 20.1 Å². The molecule has 0 aliphatic carbocycles. The average molecular weight is 416 g/mol. The van der Waals surface area contributed by atoms with Gasteiger partial charge in [-0.1, -0.05) is 41.9 Å². The lowest BCUT2D eigenvalue weighted by Gasteiger charge is -2.38. The summed E-state index contributed by atoms with van der Waals surface area (Å²) >= 11 is 6.27. The van der Waals surface area contributed by atoms with E-state index in [4.69, 9.17) is 21.1 Å². The van der Waals surface area contributed by atoms with E-state index in [0.29, 0.717) is 13.2 Å². The number of para-hydroxylation sites is 1. The van der Waals surface area contributed by atoms with Crippen LogP contribution in [0.4, 0.5) is 0 Å². The van der Waals surface area contributed by atoms with Crippen molar-refractivity contribution in [1.29, 1.82) is 0 Å². The van der Waals surface area contributed by atoms with Crippen LogP contribution in [0.2, 0.25) is 5.02 Å². The molecule has 1 heterocycles. The topological polar surface area (TPSA) is 54.9 Å². The highest BCUT2D eigenvalue weighted by atomic mass is 35.5. The Morgan fingerprint density at radius 3 is 2.66 bits per heavy atom. The van der Waals surface area contributed by atoms with Crippen molar-refractivity contribution in [1.82, 2.24) is 10.6 Å². The van der Waals surface area contributed by atoms with Gasteiger partial charge in [0.2, 0.25) is 0 Å². The Kier molecular flexibility index (Phi) is 7.78. The summed E-state index contributed by atoms with van der Waals surface area (Å²) in [4.78, 5) is 4.40. The summed E-state index contributed by atoms with van der Waals surface area (Å²) in [7, 11) is 1.79. The zero-order valence-corrected chi connectivity index (χ0v) is 18.0. The molecule has 2 N–H and O–H groups in total. The van der Waals surface area contributed by atoms with Gasteiger partial charge in [0, 0.05) is 49.4 Å². The second kappa shape index (κ2) is 10.5. The first-order chi connectivity index (χ1) is 14.2. The van der Waals surface area contributed by atoms with Gasteiger partial charge in [-0.2, -0.15) is 0 Å². The lowest BCUT2D eigenvalue weighted by atomic mass is 9.74. The predicted octanol–water partition coefficient (Wildman–Crippen LogP) is 4.15. The molecule has 0 atom stereocenters. The number of aliphatic imine (C=N–C) groups is 1. The third kappa shape index (κ3) is 5.64. The maximum Gasteiger partial charge on any atom is 0.191 e. The quantitative estimate of drug-likeness (QED) is 0.526. The van der Waals surface area contributed by atoms with Crippen molar-refractivity contribution in [2.45, 2.75) is 31.7 Å². The Bertz CT molecular complexity index is 819. The van der Waals surface area contributed by atoms with Crippen molar-refractivity contribution in [3.63, 3.8) is 0 Å². The van der Waals surface area contributed by atoms with Crippen LogP contribution in [0.5, 0.6) is 5.75 Å². The van der Waals surface area contributed by atoms with Gasteiger partial charge >= 0.3 is 0 Å². The summed E-state index contributed by atoms with van der Waals surface area (Å²) in [6.45, 7) is 5.55. The summed E-state index contributed by atoms with van der Waals surface area (Å²) in [5, 5.41) is 7.69. The number of ether oxygens (including phenoxy) is 2. The minimum absolute atomic E-state index is 0.0238. The molecule has 1 fully saturated rings. The van der Waals surface area contributed by atoms with Crippen LogP contribution < -0.4 is 15.4 Å². The molecule has 156 valence electrons. The summed E-state index contributed by atoms with van der Waals surface area (Å²) in [5.74, 6) is 1.67. The van der Waals surface area contributed by atoms with Crippen LogP contribution in [-0.4, -0.2) is 39.4 Å². The maximum atomic E-state index is 6.27. The second-order valence-corrected chi connectivity index (χ2v) is 7.66. The molecule has 2 aromatic carbocycles. The SMILES string of the molecule is CCOc1ccccc1CNC(=NC)NCC1(c2cccc(Cl)c2)CCOCC1. The van der Waals surface area contributed by atoms with Crippen LogP contribution >= 0.6 is 11.6 Å². The Morgan fingerprint density at radius 2 is 1.93 bits per heavy atom. The first-order valence-corrected chi connectivity index (χ1v) is 10.5. The summed E-state index contributed by atoms with van der Waals surface area (Å²) < 4.78 is 11.3. The average Bonchev–Trinajstić information content (AvgIpc) is 2.76. The predicted molar refractivity (Wildman–Crippen MR) is 119 cm³/mol. The van der Waals surface area contributed by atoms with Gasteiger partial charge in [0.05, 0.1) is 6.61 Å². The zero-order valence-electron chi connectivity index (χ0n) is 17.2. The fourth-order valence-electron chi connectivity index (χ4n) is 3.75. The fraction of sp³-hybridized carbons (Fsp3) is 0.435. The number of benzene rings is 2.